The van der Waals surface area contributed by atoms with E-state index < -0.39 is 5.79 Å². The molecule has 2 saturated heterocycles. The van der Waals surface area contributed by atoms with Crippen molar-refractivity contribution in [3.05, 3.63) is 0 Å². The highest BCUT2D eigenvalue weighted by atomic mass is 16.8. The molecule has 3 unspecified atom stereocenters. The Balaban J connectivity index is 1.91. The zero-order chi connectivity index (χ0) is 12.5. The van der Waals surface area contributed by atoms with Crippen LogP contribution in [-0.2, 0) is 9.47 Å². The minimum Gasteiger partial charge on any atom is -0.343 e. The summed E-state index contributed by atoms with van der Waals surface area (Å²) < 4.78 is 12.2. The van der Waals surface area contributed by atoms with Crippen LogP contribution in [0.5, 0.6) is 0 Å². The van der Waals surface area contributed by atoms with Gasteiger partial charge in [-0.05, 0) is 19.8 Å². The third-order valence-corrected chi connectivity index (χ3v) is 3.66. The third-order valence-electron chi connectivity index (χ3n) is 3.66. The standard InChI is InChI=1S/C13H26N2O2/c1-10(2)12-11(3)16-13(4,17-12)9-15-7-5-14-6-8-15/h10-12,14H,5-9H2,1-4H3. The summed E-state index contributed by atoms with van der Waals surface area (Å²) >= 11 is 0. The number of hydrogen-bond donors (Lipinski definition) is 1. The van der Waals surface area contributed by atoms with Crippen molar-refractivity contribution in [1.29, 1.82) is 0 Å². The maximum atomic E-state index is 6.14. The fourth-order valence-corrected chi connectivity index (χ4v) is 2.90. The molecule has 0 amide bonds. The monoisotopic (exact) mass is 242 g/mol. The Hall–Kier alpha value is -0.160. The number of nitrogens with one attached hydrogen (secondary N) is 1. The lowest BCUT2D eigenvalue weighted by Gasteiger charge is -2.34. The van der Waals surface area contributed by atoms with Crippen molar-refractivity contribution in [2.75, 3.05) is 32.7 Å². The van der Waals surface area contributed by atoms with Crippen LogP contribution in [-0.4, -0.2) is 55.6 Å². The molecule has 0 spiro atoms. The predicted molar refractivity (Wildman–Crippen MR) is 68.0 cm³/mol. The second kappa shape index (κ2) is 5.22. The third kappa shape index (κ3) is 3.19. The minimum absolute atomic E-state index is 0.197. The second-order valence-corrected chi connectivity index (χ2v) is 5.81. The Kier molecular flexibility index (Phi) is 4.08. The summed E-state index contributed by atoms with van der Waals surface area (Å²) in [6.45, 7) is 13.8. The SMILES string of the molecule is CC(C)C1OC(C)(CN2CCNCC2)OC1C. The van der Waals surface area contributed by atoms with E-state index in [9.17, 15) is 0 Å². The smallest absolute Gasteiger partial charge is 0.179 e. The number of nitrogens with zero attached hydrogens (tertiary/aromatic N) is 1. The average molecular weight is 242 g/mol. The van der Waals surface area contributed by atoms with Crippen LogP contribution in [0.15, 0.2) is 0 Å². The Bertz CT molecular complexity index is 254. The van der Waals surface area contributed by atoms with Crippen molar-refractivity contribution in [3.8, 4) is 0 Å². The molecular weight excluding hydrogens is 216 g/mol. The fraction of sp³-hybridized carbons (Fsp3) is 1.00. The molecule has 2 heterocycles. The van der Waals surface area contributed by atoms with E-state index in [-0.39, 0.29) is 12.2 Å². The number of piperazine rings is 1. The molecule has 0 aromatic carbocycles. The van der Waals surface area contributed by atoms with Gasteiger partial charge in [-0.3, -0.25) is 4.90 Å². The summed E-state index contributed by atoms with van der Waals surface area (Å²) in [5, 5.41) is 3.36. The zero-order valence-electron chi connectivity index (χ0n) is 11.5. The van der Waals surface area contributed by atoms with Gasteiger partial charge in [0.2, 0.25) is 0 Å². The van der Waals surface area contributed by atoms with E-state index in [1.54, 1.807) is 0 Å². The van der Waals surface area contributed by atoms with Gasteiger partial charge in [0.15, 0.2) is 5.79 Å². The van der Waals surface area contributed by atoms with Gasteiger partial charge < -0.3 is 14.8 Å². The van der Waals surface area contributed by atoms with E-state index in [0.717, 1.165) is 32.7 Å². The van der Waals surface area contributed by atoms with Crippen LogP contribution in [0.2, 0.25) is 0 Å². The molecule has 0 aromatic heterocycles. The summed E-state index contributed by atoms with van der Waals surface area (Å²) in [5.74, 6) is 0.0842. The molecule has 4 nitrogen and oxygen atoms in total. The van der Waals surface area contributed by atoms with E-state index in [1.807, 2.05) is 0 Å². The Morgan fingerprint density at radius 2 is 1.94 bits per heavy atom. The normalized spacial score (nSPS) is 40.1. The van der Waals surface area contributed by atoms with Crippen molar-refractivity contribution in [2.24, 2.45) is 5.92 Å². The van der Waals surface area contributed by atoms with Crippen molar-refractivity contribution in [3.63, 3.8) is 0 Å². The molecule has 2 aliphatic heterocycles. The maximum Gasteiger partial charge on any atom is 0.179 e. The molecule has 2 fully saturated rings. The summed E-state index contributed by atoms with van der Waals surface area (Å²) in [6.07, 6.45) is 0.422. The van der Waals surface area contributed by atoms with E-state index >= 15 is 0 Å². The molecule has 0 aromatic rings. The fourth-order valence-electron chi connectivity index (χ4n) is 2.90. The van der Waals surface area contributed by atoms with Crippen LogP contribution < -0.4 is 5.32 Å². The average Bonchev–Trinajstić information content (AvgIpc) is 2.55. The lowest BCUT2D eigenvalue weighted by Crippen LogP contribution is -2.50. The molecule has 0 saturated carbocycles. The predicted octanol–water partition coefficient (Wildman–Crippen LogP) is 1.07. The van der Waals surface area contributed by atoms with Gasteiger partial charge in [-0.1, -0.05) is 13.8 Å². The lowest BCUT2D eigenvalue weighted by atomic mass is 10.0. The van der Waals surface area contributed by atoms with Crippen molar-refractivity contribution in [2.45, 2.75) is 45.7 Å². The van der Waals surface area contributed by atoms with Crippen LogP contribution in [0.1, 0.15) is 27.7 Å². The molecule has 4 heteroatoms. The summed E-state index contributed by atoms with van der Waals surface area (Å²) in [4.78, 5) is 2.42. The van der Waals surface area contributed by atoms with Crippen LogP contribution in [0.25, 0.3) is 0 Å². The Labute approximate surface area is 105 Å². The highest BCUT2D eigenvalue weighted by molar-refractivity contribution is 4.86. The maximum absolute atomic E-state index is 6.14. The molecular formula is C13H26N2O2. The highest BCUT2D eigenvalue weighted by Gasteiger charge is 2.44. The molecule has 1 N–H and O–H groups in total. The quantitative estimate of drug-likeness (QED) is 0.802. The summed E-state index contributed by atoms with van der Waals surface area (Å²) in [6, 6.07) is 0. The van der Waals surface area contributed by atoms with Gasteiger partial charge in [-0.15, -0.1) is 0 Å². The second-order valence-electron chi connectivity index (χ2n) is 5.81. The van der Waals surface area contributed by atoms with Crippen molar-refractivity contribution >= 4 is 0 Å². The minimum atomic E-state index is -0.425. The van der Waals surface area contributed by atoms with Gasteiger partial charge in [0.25, 0.3) is 0 Å². The first kappa shape index (κ1) is 13.3. The molecule has 2 rings (SSSR count). The first-order valence-corrected chi connectivity index (χ1v) is 6.79. The van der Waals surface area contributed by atoms with Gasteiger partial charge >= 0.3 is 0 Å². The molecule has 0 bridgehead atoms. The lowest BCUT2D eigenvalue weighted by molar-refractivity contribution is -0.176. The summed E-state index contributed by atoms with van der Waals surface area (Å²) in [7, 11) is 0. The zero-order valence-corrected chi connectivity index (χ0v) is 11.5. The van der Waals surface area contributed by atoms with Gasteiger partial charge in [0.05, 0.1) is 18.8 Å². The van der Waals surface area contributed by atoms with Crippen LogP contribution in [0.4, 0.5) is 0 Å². The first-order valence-electron chi connectivity index (χ1n) is 6.79. The summed E-state index contributed by atoms with van der Waals surface area (Å²) in [5.41, 5.74) is 0. The topological polar surface area (TPSA) is 33.7 Å². The first-order chi connectivity index (χ1) is 8.00. The highest BCUT2D eigenvalue weighted by Crippen LogP contribution is 2.32. The van der Waals surface area contributed by atoms with Crippen LogP contribution in [0, 0.1) is 5.92 Å². The Morgan fingerprint density at radius 3 is 2.47 bits per heavy atom. The largest absolute Gasteiger partial charge is 0.343 e. The van der Waals surface area contributed by atoms with Gasteiger partial charge in [0, 0.05) is 26.2 Å². The van der Waals surface area contributed by atoms with E-state index in [0.29, 0.717) is 5.92 Å². The van der Waals surface area contributed by atoms with E-state index in [2.05, 4.69) is 37.9 Å². The van der Waals surface area contributed by atoms with E-state index in [1.165, 1.54) is 0 Å². The number of ether oxygens (including phenoxy) is 2. The molecule has 0 aliphatic carbocycles. The van der Waals surface area contributed by atoms with Gasteiger partial charge in [-0.25, -0.2) is 0 Å². The molecule has 2 aliphatic rings. The van der Waals surface area contributed by atoms with E-state index in [4.69, 9.17) is 9.47 Å². The van der Waals surface area contributed by atoms with Crippen molar-refractivity contribution in [1.82, 2.24) is 10.2 Å². The number of hydrogen-bond acceptors (Lipinski definition) is 4. The van der Waals surface area contributed by atoms with Crippen LogP contribution in [0.3, 0.4) is 0 Å². The number of rotatable bonds is 3. The molecule has 17 heavy (non-hydrogen) atoms. The molecule has 100 valence electrons. The molecule has 3 atom stereocenters. The van der Waals surface area contributed by atoms with Crippen molar-refractivity contribution < 1.29 is 9.47 Å². The van der Waals surface area contributed by atoms with Gasteiger partial charge in [0.1, 0.15) is 0 Å². The Morgan fingerprint density at radius 1 is 1.29 bits per heavy atom. The van der Waals surface area contributed by atoms with Crippen LogP contribution >= 0.6 is 0 Å². The molecule has 0 radical (unpaired) electrons. The van der Waals surface area contributed by atoms with Gasteiger partial charge in [-0.2, -0.15) is 0 Å².